The molecule has 8 nitrogen and oxygen atoms in total. The second-order valence-electron chi connectivity index (χ2n) is 5.45. The molecule has 0 radical (unpaired) electrons. The van der Waals surface area contributed by atoms with Crippen LogP contribution in [0.25, 0.3) is 4.96 Å². The van der Waals surface area contributed by atoms with Gasteiger partial charge in [-0.05, 0) is 38.1 Å². The average Bonchev–Trinajstić information content (AvgIpc) is 3.09. The number of carbonyl (C=O) groups is 1. The van der Waals surface area contributed by atoms with Crippen LogP contribution in [0.3, 0.4) is 0 Å². The Morgan fingerprint density at radius 2 is 1.93 bits per heavy atom. The number of carbonyl (C=O) groups excluding carboxylic acids is 1. The maximum Gasteiger partial charge on any atom is 0.338 e. The third kappa shape index (κ3) is 4.69. The van der Waals surface area contributed by atoms with Crippen LogP contribution in [0.4, 0.5) is 0 Å². The third-order valence-corrected chi connectivity index (χ3v) is 4.40. The molecule has 9 heteroatoms. The first-order valence-electron chi connectivity index (χ1n) is 8.47. The quantitative estimate of drug-likeness (QED) is 0.546. The van der Waals surface area contributed by atoms with Crippen molar-refractivity contribution in [2.24, 2.45) is 0 Å². The summed E-state index contributed by atoms with van der Waals surface area (Å²) in [6.07, 6.45) is 0. The van der Waals surface area contributed by atoms with Gasteiger partial charge in [0.05, 0.1) is 17.9 Å². The zero-order chi connectivity index (χ0) is 19.2. The van der Waals surface area contributed by atoms with Crippen LogP contribution in [0.1, 0.15) is 34.9 Å². The maximum atomic E-state index is 12.2. The van der Waals surface area contributed by atoms with Gasteiger partial charge in [0.15, 0.2) is 0 Å². The second-order valence-corrected chi connectivity index (χ2v) is 6.49. The topological polar surface area (TPSA) is 92.0 Å². The summed E-state index contributed by atoms with van der Waals surface area (Å²) in [7, 11) is 0. The van der Waals surface area contributed by atoms with Crippen molar-refractivity contribution in [3.05, 3.63) is 57.0 Å². The van der Waals surface area contributed by atoms with E-state index in [2.05, 4.69) is 10.1 Å². The van der Waals surface area contributed by atoms with Crippen LogP contribution in [-0.2, 0) is 22.7 Å². The van der Waals surface area contributed by atoms with Crippen molar-refractivity contribution in [3.63, 3.8) is 0 Å². The summed E-state index contributed by atoms with van der Waals surface area (Å²) in [6, 6.07) is 7.97. The monoisotopic (exact) mass is 389 g/mol. The Balaban J connectivity index is 1.68. The molecule has 3 aromatic rings. The van der Waals surface area contributed by atoms with E-state index >= 15 is 0 Å². The predicted octanol–water partition coefficient (Wildman–Crippen LogP) is 2.44. The number of fused-ring (bicyclic) bond motifs is 1. The van der Waals surface area contributed by atoms with Crippen molar-refractivity contribution in [3.8, 4) is 5.75 Å². The summed E-state index contributed by atoms with van der Waals surface area (Å²) in [6.45, 7) is 5.11. The highest BCUT2D eigenvalue weighted by Gasteiger charge is 2.12. The number of rotatable bonds is 8. The Morgan fingerprint density at radius 1 is 1.15 bits per heavy atom. The van der Waals surface area contributed by atoms with Gasteiger partial charge in [0.1, 0.15) is 24.0 Å². The number of benzene rings is 1. The summed E-state index contributed by atoms with van der Waals surface area (Å²) < 4.78 is 17.1. The van der Waals surface area contributed by atoms with E-state index in [0.717, 1.165) is 0 Å². The van der Waals surface area contributed by atoms with E-state index in [4.69, 9.17) is 14.2 Å². The number of ether oxygens (including phenoxy) is 3. The molecule has 3 rings (SSSR count). The van der Waals surface area contributed by atoms with Crippen molar-refractivity contribution >= 4 is 22.3 Å². The molecule has 1 aromatic carbocycles. The van der Waals surface area contributed by atoms with Gasteiger partial charge in [-0.2, -0.15) is 9.61 Å². The van der Waals surface area contributed by atoms with Gasteiger partial charge in [-0.3, -0.25) is 4.79 Å². The zero-order valence-corrected chi connectivity index (χ0v) is 15.8. The van der Waals surface area contributed by atoms with Gasteiger partial charge in [0.2, 0.25) is 4.96 Å². The number of aromatic nitrogens is 3. The molecular weight excluding hydrogens is 370 g/mol. The molecule has 0 aliphatic rings. The van der Waals surface area contributed by atoms with Crippen LogP contribution >= 0.6 is 11.3 Å². The van der Waals surface area contributed by atoms with Gasteiger partial charge in [0.25, 0.3) is 5.56 Å². The summed E-state index contributed by atoms with van der Waals surface area (Å²) in [4.78, 5) is 29.1. The lowest BCUT2D eigenvalue weighted by molar-refractivity contribution is 0.0467. The molecule has 2 aromatic heterocycles. The maximum absolute atomic E-state index is 12.2. The van der Waals surface area contributed by atoms with E-state index in [9.17, 15) is 9.59 Å². The standard InChI is InChI=1S/C18H19N3O5S/c1-3-24-11-15-20-21-16(22)9-13(19-18(21)27-15)10-26-17(23)12-5-7-14(8-6-12)25-4-2/h5-9H,3-4,10-11H2,1-2H3. The first kappa shape index (κ1) is 19.0. The van der Waals surface area contributed by atoms with Crippen molar-refractivity contribution < 1.29 is 19.0 Å². The van der Waals surface area contributed by atoms with E-state index in [-0.39, 0.29) is 12.2 Å². The van der Waals surface area contributed by atoms with Crippen molar-refractivity contribution in [1.29, 1.82) is 0 Å². The van der Waals surface area contributed by atoms with Crippen LogP contribution in [0, 0.1) is 0 Å². The minimum absolute atomic E-state index is 0.101. The SMILES string of the molecule is CCOCc1nn2c(=O)cc(COC(=O)c3ccc(OCC)cc3)nc2s1. The van der Waals surface area contributed by atoms with Crippen LogP contribution in [0.5, 0.6) is 5.75 Å². The summed E-state index contributed by atoms with van der Waals surface area (Å²) in [5, 5.41) is 4.83. The molecule has 0 unspecified atom stereocenters. The van der Waals surface area contributed by atoms with Gasteiger partial charge in [-0.15, -0.1) is 0 Å². The lowest BCUT2D eigenvalue weighted by Gasteiger charge is -2.06. The van der Waals surface area contributed by atoms with E-state index in [0.29, 0.717) is 46.8 Å². The van der Waals surface area contributed by atoms with Crippen molar-refractivity contribution in [2.45, 2.75) is 27.1 Å². The number of hydrogen-bond donors (Lipinski definition) is 0. The minimum atomic E-state index is -0.499. The summed E-state index contributed by atoms with van der Waals surface area (Å²) in [5.74, 6) is 0.184. The normalized spacial score (nSPS) is 10.9. The summed E-state index contributed by atoms with van der Waals surface area (Å²) >= 11 is 1.26. The largest absolute Gasteiger partial charge is 0.494 e. The lowest BCUT2D eigenvalue weighted by atomic mass is 10.2. The van der Waals surface area contributed by atoms with Gasteiger partial charge in [-0.25, -0.2) is 9.78 Å². The lowest BCUT2D eigenvalue weighted by Crippen LogP contribution is -2.16. The van der Waals surface area contributed by atoms with Crippen LogP contribution in [0.2, 0.25) is 0 Å². The van der Waals surface area contributed by atoms with Gasteiger partial charge >= 0.3 is 5.97 Å². The number of hydrogen-bond acceptors (Lipinski definition) is 8. The molecule has 0 saturated carbocycles. The fourth-order valence-corrected chi connectivity index (χ4v) is 3.15. The molecule has 0 spiro atoms. The van der Waals surface area contributed by atoms with Gasteiger partial charge in [-0.1, -0.05) is 11.3 Å². The Hall–Kier alpha value is -2.78. The minimum Gasteiger partial charge on any atom is -0.494 e. The smallest absolute Gasteiger partial charge is 0.338 e. The molecule has 27 heavy (non-hydrogen) atoms. The predicted molar refractivity (Wildman–Crippen MR) is 99.2 cm³/mol. The molecule has 0 fully saturated rings. The molecule has 0 aliphatic carbocycles. The highest BCUT2D eigenvalue weighted by Crippen LogP contribution is 2.15. The average molecular weight is 389 g/mol. The van der Waals surface area contributed by atoms with Crippen molar-refractivity contribution in [2.75, 3.05) is 13.2 Å². The first-order chi connectivity index (χ1) is 13.1. The van der Waals surface area contributed by atoms with Crippen LogP contribution in [0.15, 0.2) is 35.1 Å². The van der Waals surface area contributed by atoms with Crippen molar-refractivity contribution in [1.82, 2.24) is 14.6 Å². The van der Waals surface area contributed by atoms with Crippen LogP contribution < -0.4 is 10.3 Å². The van der Waals surface area contributed by atoms with E-state index in [1.807, 2.05) is 13.8 Å². The third-order valence-electron chi connectivity index (χ3n) is 3.52. The number of esters is 1. The fraction of sp³-hybridized carbons (Fsp3) is 0.333. The van der Waals surface area contributed by atoms with Gasteiger partial charge < -0.3 is 14.2 Å². The molecular formula is C18H19N3O5S. The molecule has 0 aliphatic heterocycles. The molecule has 0 N–H and O–H groups in total. The first-order valence-corrected chi connectivity index (χ1v) is 9.28. The molecule has 0 bridgehead atoms. The second kappa shape index (κ2) is 8.74. The van der Waals surface area contributed by atoms with Crippen LogP contribution in [-0.4, -0.2) is 33.8 Å². The van der Waals surface area contributed by atoms with Gasteiger partial charge in [0, 0.05) is 12.7 Å². The molecule has 0 saturated heterocycles. The zero-order valence-electron chi connectivity index (χ0n) is 15.0. The molecule has 0 amide bonds. The summed E-state index contributed by atoms with van der Waals surface area (Å²) in [5.41, 5.74) is 0.435. The van der Waals surface area contributed by atoms with E-state index in [1.165, 1.54) is 21.9 Å². The Kier molecular flexibility index (Phi) is 6.15. The molecule has 0 atom stereocenters. The molecule has 142 valence electrons. The highest BCUT2D eigenvalue weighted by atomic mass is 32.1. The fourth-order valence-electron chi connectivity index (χ4n) is 2.29. The molecule has 2 heterocycles. The number of nitrogens with zero attached hydrogens (tertiary/aromatic N) is 3. The Bertz CT molecular complexity index is 981. The Labute approximate surface area is 159 Å². The van der Waals surface area contributed by atoms with E-state index in [1.54, 1.807) is 24.3 Å². The highest BCUT2D eigenvalue weighted by molar-refractivity contribution is 7.16. The van der Waals surface area contributed by atoms with E-state index < -0.39 is 5.97 Å². The Morgan fingerprint density at radius 3 is 2.63 bits per heavy atom.